The predicted molar refractivity (Wildman–Crippen MR) is 54.4 cm³/mol. The van der Waals surface area contributed by atoms with E-state index in [2.05, 4.69) is 20.8 Å². The summed E-state index contributed by atoms with van der Waals surface area (Å²) in [5, 5.41) is 0. The van der Waals surface area contributed by atoms with Crippen LogP contribution in [0.2, 0.25) is 0 Å². The Labute approximate surface area is 85.9 Å². The number of hydrogen-bond acceptors (Lipinski definition) is 3. The second kappa shape index (κ2) is 4.60. The van der Waals surface area contributed by atoms with E-state index in [1.807, 2.05) is 19.1 Å². The zero-order valence-electron chi connectivity index (χ0n) is 7.63. The monoisotopic (exact) mass is 245 g/mol. The van der Waals surface area contributed by atoms with Crippen molar-refractivity contribution in [3.63, 3.8) is 0 Å². The van der Waals surface area contributed by atoms with Crippen molar-refractivity contribution in [2.45, 2.75) is 13.5 Å². The van der Waals surface area contributed by atoms with Crippen molar-refractivity contribution in [3.8, 4) is 5.75 Å². The van der Waals surface area contributed by atoms with Gasteiger partial charge in [0.05, 0.1) is 18.2 Å². The molecule has 2 N–H and O–H groups in total. The van der Waals surface area contributed by atoms with E-state index in [4.69, 9.17) is 10.6 Å². The van der Waals surface area contributed by atoms with Gasteiger partial charge in [-0.2, -0.15) is 0 Å². The molecule has 0 aromatic heterocycles. The van der Waals surface area contributed by atoms with Crippen LogP contribution in [0.25, 0.3) is 0 Å². The molecule has 4 heteroatoms. The van der Waals surface area contributed by atoms with Gasteiger partial charge in [-0.3, -0.25) is 4.84 Å². The Morgan fingerprint density at radius 2 is 2.15 bits per heavy atom. The lowest BCUT2D eigenvalue weighted by molar-refractivity contribution is 0.122. The molecule has 1 aromatic rings. The Kier molecular flexibility index (Phi) is 3.71. The van der Waals surface area contributed by atoms with Gasteiger partial charge in [0.15, 0.2) is 0 Å². The quantitative estimate of drug-likeness (QED) is 0.831. The van der Waals surface area contributed by atoms with Gasteiger partial charge in [-0.15, -0.1) is 0 Å². The van der Waals surface area contributed by atoms with Gasteiger partial charge in [0.1, 0.15) is 5.75 Å². The average Bonchev–Trinajstić information content (AvgIpc) is 2.12. The highest BCUT2D eigenvalue weighted by molar-refractivity contribution is 9.10. The van der Waals surface area contributed by atoms with Crippen molar-refractivity contribution >= 4 is 15.9 Å². The summed E-state index contributed by atoms with van der Waals surface area (Å²) in [6.45, 7) is 2.35. The Hall–Kier alpha value is -0.580. The summed E-state index contributed by atoms with van der Waals surface area (Å²) in [6, 6.07) is 3.92. The minimum atomic E-state index is 0.349. The van der Waals surface area contributed by atoms with Crippen LogP contribution in [0.5, 0.6) is 5.75 Å². The molecule has 3 nitrogen and oxygen atoms in total. The summed E-state index contributed by atoms with van der Waals surface area (Å²) in [6.07, 6.45) is 0. The van der Waals surface area contributed by atoms with Gasteiger partial charge in [0.25, 0.3) is 0 Å². The molecule has 13 heavy (non-hydrogen) atoms. The first-order valence-electron chi connectivity index (χ1n) is 3.84. The first-order valence-corrected chi connectivity index (χ1v) is 4.63. The van der Waals surface area contributed by atoms with Gasteiger partial charge in [-0.1, -0.05) is 12.1 Å². The molecule has 0 atom stereocenters. The van der Waals surface area contributed by atoms with Gasteiger partial charge in [-0.25, -0.2) is 5.90 Å². The standard InChI is InChI=1S/C9H12BrNO2/c1-6-3-4-7(5-13-11)9(12-2)8(6)10/h3-4H,5,11H2,1-2H3. The highest BCUT2D eigenvalue weighted by Gasteiger charge is 2.08. The molecule has 1 rings (SSSR count). The molecule has 0 aliphatic rings. The number of halogens is 1. The van der Waals surface area contributed by atoms with Crippen molar-refractivity contribution in [2.75, 3.05) is 7.11 Å². The number of benzene rings is 1. The van der Waals surface area contributed by atoms with Crippen molar-refractivity contribution in [1.82, 2.24) is 0 Å². The highest BCUT2D eigenvalue weighted by atomic mass is 79.9. The zero-order valence-corrected chi connectivity index (χ0v) is 9.22. The van der Waals surface area contributed by atoms with Crippen LogP contribution in [0.15, 0.2) is 16.6 Å². The number of ether oxygens (including phenoxy) is 1. The van der Waals surface area contributed by atoms with E-state index in [-0.39, 0.29) is 0 Å². The fraction of sp³-hybridized carbons (Fsp3) is 0.333. The van der Waals surface area contributed by atoms with Crippen LogP contribution in [0, 0.1) is 6.92 Å². The van der Waals surface area contributed by atoms with Crippen LogP contribution in [0.3, 0.4) is 0 Å². The Morgan fingerprint density at radius 1 is 1.46 bits per heavy atom. The third-order valence-electron chi connectivity index (χ3n) is 1.81. The summed E-state index contributed by atoms with van der Waals surface area (Å²) in [7, 11) is 1.62. The second-order valence-electron chi connectivity index (χ2n) is 2.70. The molecular formula is C9H12BrNO2. The van der Waals surface area contributed by atoms with Crippen molar-refractivity contribution < 1.29 is 9.57 Å². The summed E-state index contributed by atoms with van der Waals surface area (Å²) >= 11 is 3.44. The molecular weight excluding hydrogens is 234 g/mol. The maximum atomic E-state index is 5.23. The molecule has 0 heterocycles. The Morgan fingerprint density at radius 3 is 2.69 bits per heavy atom. The summed E-state index contributed by atoms with van der Waals surface area (Å²) in [5.74, 6) is 5.78. The highest BCUT2D eigenvalue weighted by Crippen LogP contribution is 2.32. The van der Waals surface area contributed by atoms with Gasteiger partial charge in [-0.05, 0) is 28.4 Å². The number of nitrogens with two attached hydrogens (primary N) is 1. The molecule has 0 fully saturated rings. The first-order chi connectivity index (χ1) is 6.20. The molecule has 1 aromatic carbocycles. The summed E-state index contributed by atoms with van der Waals surface area (Å²) in [4.78, 5) is 4.56. The maximum absolute atomic E-state index is 5.23. The van der Waals surface area contributed by atoms with Gasteiger partial charge < -0.3 is 4.74 Å². The molecule has 0 spiro atoms. The average molecular weight is 246 g/mol. The molecule has 0 unspecified atom stereocenters. The predicted octanol–water partition coefficient (Wildman–Crippen LogP) is 2.16. The van der Waals surface area contributed by atoms with E-state index >= 15 is 0 Å². The maximum Gasteiger partial charge on any atom is 0.138 e. The molecule has 0 radical (unpaired) electrons. The fourth-order valence-electron chi connectivity index (χ4n) is 1.12. The van der Waals surface area contributed by atoms with E-state index in [9.17, 15) is 0 Å². The SMILES string of the molecule is COc1c(CON)ccc(C)c1Br. The normalized spacial score (nSPS) is 10.2. The number of aryl methyl sites for hydroxylation is 1. The lowest BCUT2D eigenvalue weighted by atomic mass is 10.1. The van der Waals surface area contributed by atoms with Crippen LogP contribution in [-0.2, 0) is 11.4 Å². The van der Waals surface area contributed by atoms with Crippen LogP contribution in [0.4, 0.5) is 0 Å². The molecule has 0 saturated carbocycles. The molecule has 0 saturated heterocycles. The molecule has 0 amide bonds. The van der Waals surface area contributed by atoms with E-state index in [1.165, 1.54) is 0 Å². The second-order valence-corrected chi connectivity index (χ2v) is 3.49. The topological polar surface area (TPSA) is 44.5 Å². The Bertz CT molecular complexity index is 302. The third-order valence-corrected chi connectivity index (χ3v) is 2.80. The van der Waals surface area contributed by atoms with Crippen molar-refractivity contribution in [2.24, 2.45) is 5.90 Å². The van der Waals surface area contributed by atoms with Crippen LogP contribution < -0.4 is 10.6 Å². The fourth-order valence-corrected chi connectivity index (χ4v) is 1.67. The van der Waals surface area contributed by atoms with Gasteiger partial charge >= 0.3 is 0 Å². The van der Waals surface area contributed by atoms with Crippen molar-refractivity contribution in [1.29, 1.82) is 0 Å². The largest absolute Gasteiger partial charge is 0.495 e. The number of rotatable bonds is 3. The van der Waals surface area contributed by atoms with E-state index < -0.39 is 0 Å². The van der Waals surface area contributed by atoms with Crippen LogP contribution in [-0.4, -0.2) is 7.11 Å². The molecule has 0 aliphatic carbocycles. The molecule has 72 valence electrons. The van der Waals surface area contributed by atoms with Crippen molar-refractivity contribution in [3.05, 3.63) is 27.7 Å². The lowest BCUT2D eigenvalue weighted by Gasteiger charge is -2.11. The van der Waals surface area contributed by atoms with E-state index in [0.717, 1.165) is 21.3 Å². The summed E-state index contributed by atoms with van der Waals surface area (Å²) in [5.41, 5.74) is 2.06. The molecule has 0 aliphatic heterocycles. The van der Waals surface area contributed by atoms with E-state index in [0.29, 0.717) is 6.61 Å². The minimum absolute atomic E-state index is 0.349. The van der Waals surface area contributed by atoms with E-state index in [1.54, 1.807) is 7.11 Å². The Balaban J connectivity index is 3.13. The van der Waals surface area contributed by atoms with Gasteiger partial charge in [0, 0.05) is 5.56 Å². The number of methoxy groups -OCH3 is 1. The van der Waals surface area contributed by atoms with Crippen LogP contribution >= 0.6 is 15.9 Å². The first kappa shape index (κ1) is 10.5. The smallest absolute Gasteiger partial charge is 0.138 e. The molecule has 0 bridgehead atoms. The number of hydrogen-bond donors (Lipinski definition) is 1. The van der Waals surface area contributed by atoms with Crippen LogP contribution in [0.1, 0.15) is 11.1 Å². The third kappa shape index (κ3) is 2.21. The zero-order chi connectivity index (χ0) is 9.84. The van der Waals surface area contributed by atoms with Gasteiger partial charge in [0.2, 0.25) is 0 Å². The minimum Gasteiger partial charge on any atom is -0.495 e. The summed E-state index contributed by atoms with van der Waals surface area (Å²) < 4.78 is 6.18. The lowest BCUT2D eigenvalue weighted by Crippen LogP contribution is -2.02.